The van der Waals surface area contributed by atoms with Gasteiger partial charge in [0.2, 0.25) is 5.91 Å². The predicted octanol–water partition coefficient (Wildman–Crippen LogP) is 2.49. The predicted molar refractivity (Wildman–Crippen MR) is 90.9 cm³/mol. The van der Waals surface area contributed by atoms with Gasteiger partial charge in [-0.05, 0) is 24.3 Å². The number of ether oxygens (including phenoxy) is 2. The molecule has 0 unspecified atom stereocenters. The van der Waals surface area contributed by atoms with Crippen LogP contribution in [0.2, 0.25) is 0 Å². The number of hydrogen-bond acceptors (Lipinski definition) is 6. The Kier molecular flexibility index (Phi) is 4.15. The Balaban J connectivity index is 2.06. The van der Waals surface area contributed by atoms with Gasteiger partial charge in [-0.15, -0.1) is 0 Å². The fourth-order valence-corrected chi connectivity index (χ4v) is 2.37. The molecule has 122 valence electrons. The number of aromatic nitrogens is 2. The molecule has 2 aromatic carbocycles. The molecule has 3 rings (SSSR count). The summed E-state index contributed by atoms with van der Waals surface area (Å²) in [6, 6.07) is 10.5. The molecule has 1 heterocycles. The molecule has 0 saturated heterocycles. The smallest absolute Gasteiger partial charge is 0.248 e. The molecule has 1 aromatic heterocycles. The average molecular weight is 324 g/mol. The Morgan fingerprint density at radius 2 is 1.83 bits per heavy atom. The molecule has 3 aromatic rings. The molecule has 0 atom stereocenters. The molecule has 0 aliphatic carbocycles. The average Bonchev–Trinajstić information content (AvgIpc) is 2.61. The first kappa shape index (κ1) is 15.5. The minimum absolute atomic E-state index is 0.414. The Bertz CT molecular complexity index is 911. The number of rotatable bonds is 5. The molecule has 0 aliphatic rings. The van der Waals surface area contributed by atoms with Crippen molar-refractivity contribution in [2.24, 2.45) is 5.73 Å². The van der Waals surface area contributed by atoms with Crippen molar-refractivity contribution in [3.8, 4) is 11.5 Å². The molecule has 0 bridgehead atoms. The Morgan fingerprint density at radius 1 is 1.08 bits per heavy atom. The lowest BCUT2D eigenvalue weighted by Crippen LogP contribution is -2.10. The summed E-state index contributed by atoms with van der Waals surface area (Å²) in [6.07, 6.45) is 1.45. The van der Waals surface area contributed by atoms with Crippen molar-refractivity contribution in [2.75, 3.05) is 19.5 Å². The Morgan fingerprint density at radius 3 is 2.54 bits per heavy atom. The number of carbonyl (C=O) groups excluding carboxylic acids is 1. The van der Waals surface area contributed by atoms with Gasteiger partial charge in [0.1, 0.15) is 12.1 Å². The SMILES string of the molecule is COc1cc2ncnc(Nc3cccc(C(N)=O)c3)c2cc1OC. The van der Waals surface area contributed by atoms with Crippen LogP contribution in [0.3, 0.4) is 0 Å². The van der Waals surface area contributed by atoms with Crippen molar-refractivity contribution in [3.63, 3.8) is 0 Å². The summed E-state index contributed by atoms with van der Waals surface area (Å²) < 4.78 is 10.6. The highest BCUT2D eigenvalue weighted by molar-refractivity contribution is 5.95. The van der Waals surface area contributed by atoms with E-state index in [1.54, 1.807) is 44.6 Å². The van der Waals surface area contributed by atoms with Gasteiger partial charge in [-0.3, -0.25) is 4.79 Å². The van der Waals surface area contributed by atoms with Crippen LogP contribution < -0.4 is 20.5 Å². The van der Waals surface area contributed by atoms with Crippen LogP contribution in [0.5, 0.6) is 11.5 Å². The van der Waals surface area contributed by atoms with E-state index in [2.05, 4.69) is 15.3 Å². The van der Waals surface area contributed by atoms with E-state index < -0.39 is 5.91 Å². The third-order valence-corrected chi connectivity index (χ3v) is 3.55. The van der Waals surface area contributed by atoms with Crippen LogP contribution in [-0.2, 0) is 0 Å². The van der Waals surface area contributed by atoms with Crippen LogP contribution in [0.15, 0.2) is 42.7 Å². The topological polar surface area (TPSA) is 99.4 Å². The summed E-state index contributed by atoms with van der Waals surface area (Å²) >= 11 is 0. The van der Waals surface area contributed by atoms with E-state index in [0.717, 1.165) is 5.39 Å². The molecular formula is C17H16N4O3. The molecule has 3 N–H and O–H groups in total. The van der Waals surface area contributed by atoms with Crippen molar-refractivity contribution >= 4 is 28.3 Å². The van der Waals surface area contributed by atoms with Gasteiger partial charge < -0.3 is 20.5 Å². The molecule has 0 spiro atoms. The number of nitrogens with one attached hydrogen (secondary N) is 1. The normalized spacial score (nSPS) is 10.4. The molecule has 0 aliphatic heterocycles. The molecule has 7 nitrogen and oxygen atoms in total. The molecule has 1 amide bonds. The van der Waals surface area contributed by atoms with Crippen LogP contribution in [0.25, 0.3) is 10.9 Å². The zero-order chi connectivity index (χ0) is 17.1. The van der Waals surface area contributed by atoms with Crippen LogP contribution in [-0.4, -0.2) is 30.1 Å². The van der Waals surface area contributed by atoms with Gasteiger partial charge >= 0.3 is 0 Å². The molecule has 0 radical (unpaired) electrons. The van der Waals surface area contributed by atoms with Crippen LogP contribution in [0.1, 0.15) is 10.4 Å². The number of hydrogen-bond donors (Lipinski definition) is 2. The Hall–Kier alpha value is -3.35. The number of nitrogens with two attached hydrogens (primary N) is 1. The summed E-state index contributed by atoms with van der Waals surface area (Å²) in [5, 5.41) is 3.94. The second-order valence-electron chi connectivity index (χ2n) is 5.02. The molecule has 0 fully saturated rings. The van der Waals surface area contributed by atoms with Crippen molar-refractivity contribution in [2.45, 2.75) is 0 Å². The highest BCUT2D eigenvalue weighted by Crippen LogP contribution is 2.34. The third-order valence-electron chi connectivity index (χ3n) is 3.55. The van der Waals surface area contributed by atoms with Gasteiger partial charge in [0.05, 0.1) is 19.7 Å². The van der Waals surface area contributed by atoms with E-state index in [-0.39, 0.29) is 0 Å². The standard InChI is InChI=1S/C17H16N4O3/c1-23-14-7-12-13(8-15(14)24-2)19-9-20-17(12)21-11-5-3-4-10(6-11)16(18)22/h3-9H,1-2H3,(H2,18,22)(H,19,20,21). The number of methoxy groups -OCH3 is 2. The largest absolute Gasteiger partial charge is 0.493 e. The first-order valence-electron chi connectivity index (χ1n) is 7.16. The van der Waals surface area contributed by atoms with E-state index in [1.165, 1.54) is 6.33 Å². The number of nitrogens with zero attached hydrogens (tertiary/aromatic N) is 2. The zero-order valence-electron chi connectivity index (χ0n) is 13.2. The number of primary amides is 1. The summed E-state index contributed by atoms with van der Waals surface area (Å²) in [5.41, 5.74) is 7.13. The lowest BCUT2D eigenvalue weighted by molar-refractivity contribution is 0.100. The monoisotopic (exact) mass is 324 g/mol. The third kappa shape index (κ3) is 2.91. The van der Waals surface area contributed by atoms with Crippen molar-refractivity contribution in [1.29, 1.82) is 0 Å². The van der Waals surface area contributed by atoms with Gasteiger partial charge in [-0.1, -0.05) is 6.07 Å². The molecular weight excluding hydrogens is 308 g/mol. The minimum Gasteiger partial charge on any atom is -0.493 e. The first-order valence-corrected chi connectivity index (χ1v) is 7.16. The maximum Gasteiger partial charge on any atom is 0.248 e. The summed E-state index contributed by atoms with van der Waals surface area (Å²) in [7, 11) is 3.14. The van der Waals surface area contributed by atoms with Crippen LogP contribution >= 0.6 is 0 Å². The van der Waals surface area contributed by atoms with E-state index in [1.807, 2.05) is 6.07 Å². The van der Waals surface area contributed by atoms with E-state index >= 15 is 0 Å². The van der Waals surface area contributed by atoms with Crippen molar-refractivity contribution in [3.05, 3.63) is 48.3 Å². The molecule has 24 heavy (non-hydrogen) atoms. The molecule has 0 saturated carbocycles. The van der Waals surface area contributed by atoms with E-state index in [4.69, 9.17) is 15.2 Å². The first-order chi connectivity index (χ1) is 11.6. The maximum atomic E-state index is 11.3. The quantitative estimate of drug-likeness (QED) is 0.748. The lowest BCUT2D eigenvalue weighted by Gasteiger charge is -2.12. The highest BCUT2D eigenvalue weighted by Gasteiger charge is 2.11. The van der Waals surface area contributed by atoms with Gasteiger partial charge in [-0.2, -0.15) is 0 Å². The fourth-order valence-electron chi connectivity index (χ4n) is 2.37. The van der Waals surface area contributed by atoms with Crippen LogP contribution in [0.4, 0.5) is 11.5 Å². The van der Waals surface area contributed by atoms with Gasteiger partial charge in [0, 0.05) is 22.7 Å². The number of fused-ring (bicyclic) bond motifs is 1. The van der Waals surface area contributed by atoms with Crippen molar-refractivity contribution < 1.29 is 14.3 Å². The number of amides is 1. The number of benzene rings is 2. The van der Waals surface area contributed by atoms with E-state index in [9.17, 15) is 4.79 Å². The summed E-state index contributed by atoms with van der Waals surface area (Å²) in [4.78, 5) is 19.8. The summed E-state index contributed by atoms with van der Waals surface area (Å²) in [5.74, 6) is 1.26. The second-order valence-corrected chi connectivity index (χ2v) is 5.02. The van der Waals surface area contributed by atoms with Gasteiger partial charge in [0.25, 0.3) is 0 Å². The van der Waals surface area contributed by atoms with Gasteiger partial charge in [-0.25, -0.2) is 9.97 Å². The van der Waals surface area contributed by atoms with Crippen LogP contribution in [0, 0.1) is 0 Å². The lowest BCUT2D eigenvalue weighted by atomic mass is 10.1. The maximum absolute atomic E-state index is 11.3. The number of anilines is 2. The zero-order valence-corrected chi connectivity index (χ0v) is 13.2. The van der Waals surface area contributed by atoms with E-state index in [0.29, 0.717) is 34.1 Å². The number of carbonyl (C=O) groups is 1. The second kappa shape index (κ2) is 6.41. The summed E-state index contributed by atoms with van der Waals surface area (Å²) in [6.45, 7) is 0. The highest BCUT2D eigenvalue weighted by atomic mass is 16.5. The van der Waals surface area contributed by atoms with Gasteiger partial charge in [0.15, 0.2) is 11.5 Å². The minimum atomic E-state index is -0.488. The Labute approximate surface area is 138 Å². The van der Waals surface area contributed by atoms with Crippen molar-refractivity contribution in [1.82, 2.24) is 9.97 Å². The molecule has 7 heteroatoms. The fraction of sp³-hybridized carbons (Fsp3) is 0.118.